The van der Waals surface area contributed by atoms with Crippen molar-refractivity contribution < 1.29 is 14.3 Å². The Hall–Kier alpha value is -1.33. The molecule has 1 aliphatic heterocycles. The molecule has 2 unspecified atom stereocenters. The zero-order chi connectivity index (χ0) is 14.0. The number of piperidine rings is 1. The largest absolute Gasteiger partial charge is 0.475 e. The highest BCUT2D eigenvalue weighted by Crippen LogP contribution is 2.18. The van der Waals surface area contributed by atoms with Gasteiger partial charge in [0.1, 0.15) is 5.76 Å². The normalized spacial score (nSPS) is 24.6. The minimum absolute atomic E-state index is 0.0192. The van der Waals surface area contributed by atoms with Gasteiger partial charge in [-0.1, -0.05) is 6.92 Å². The molecule has 5 nitrogen and oxygen atoms in total. The van der Waals surface area contributed by atoms with E-state index in [2.05, 4.69) is 24.2 Å². The van der Waals surface area contributed by atoms with E-state index in [1.165, 1.54) is 0 Å². The fourth-order valence-corrected chi connectivity index (χ4v) is 2.70. The molecular formula is C14H22N2O3. The number of carboxylic acids is 1. The molecule has 0 saturated carbocycles. The lowest BCUT2D eigenvalue weighted by Crippen LogP contribution is -2.46. The van der Waals surface area contributed by atoms with E-state index in [-0.39, 0.29) is 5.76 Å². The molecule has 0 radical (unpaired) electrons. The lowest BCUT2D eigenvalue weighted by molar-refractivity contribution is 0.0661. The van der Waals surface area contributed by atoms with Crippen molar-refractivity contribution in [1.29, 1.82) is 0 Å². The summed E-state index contributed by atoms with van der Waals surface area (Å²) in [5, 5.41) is 12.4. The van der Waals surface area contributed by atoms with E-state index in [1.807, 2.05) is 6.92 Å². The predicted octanol–water partition coefficient (Wildman–Crippen LogP) is 1.72. The van der Waals surface area contributed by atoms with Crippen LogP contribution in [0.1, 0.15) is 35.2 Å². The molecular weight excluding hydrogens is 244 g/mol. The summed E-state index contributed by atoms with van der Waals surface area (Å²) in [5.41, 5.74) is 0.934. The smallest absolute Gasteiger partial charge is 0.371 e. The highest BCUT2D eigenvalue weighted by molar-refractivity contribution is 5.84. The zero-order valence-corrected chi connectivity index (χ0v) is 11.8. The maximum Gasteiger partial charge on any atom is 0.371 e. The molecule has 106 valence electrons. The van der Waals surface area contributed by atoms with Crippen LogP contribution in [0.3, 0.4) is 0 Å². The fraction of sp³-hybridized carbons (Fsp3) is 0.643. The van der Waals surface area contributed by atoms with Crippen LogP contribution in [-0.4, -0.2) is 42.2 Å². The number of aromatic carboxylic acids is 1. The van der Waals surface area contributed by atoms with Crippen molar-refractivity contribution in [2.75, 3.05) is 20.1 Å². The summed E-state index contributed by atoms with van der Waals surface area (Å²) in [6.07, 6.45) is 1.13. The van der Waals surface area contributed by atoms with E-state index in [0.717, 1.165) is 25.1 Å². The Bertz CT molecular complexity index is 456. The quantitative estimate of drug-likeness (QED) is 0.868. The Labute approximate surface area is 113 Å². The minimum atomic E-state index is -1.01. The van der Waals surface area contributed by atoms with Crippen LogP contribution < -0.4 is 5.32 Å². The molecule has 0 bridgehead atoms. The second-order valence-corrected chi connectivity index (χ2v) is 5.51. The average Bonchev–Trinajstić information content (AvgIpc) is 2.70. The summed E-state index contributed by atoms with van der Waals surface area (Å²) >= 11 is 0. The van der Waals surface area contributed by atoms with Gasteiger partial charge in [-0.25, -0.2) is 4.79 Å². The number of carboxylic acid groups (broad SMARTS) is 1. The zero-order valence-electron chi connectivity index (χ0n) is 11.8. The van der Waals surface area contributed by atoms with Gasteiger partial charge in [0, 0.05) is 24.7 Å². The van der Waals surface area contributed by atoms with Crippen molar-refractivity contribution in [2.45, 2.75) is 32.9 Å². The van der Waals surface area contributed by atoms with Crippen LogP contribution in [0.15, 0.2) is 10.5 Å². The lowest BCUT2D eigenvalue weighted by Gasteiger charge is -2.35. The standard InChI is InChI=1S/C14H22N2O3/c1-9-8-16(3)5-4-12(9)15-7-11-6-13(14(17)18)19-10(11)2/h6,9,12,15H,4-5,7-8H2,1-3H3,(H,17,18). The van der Waals surface area contributed by atoms with Gasteiger partial charge in [-0.15, -0.1) is 0 Å². The van der Waals surface area contributed by atoms with Crippen LogP contribution in [0.2, 0.25) is 0 Å². The van der Waals surface area contributed by atoms with Crippen molar-refractivity contribution in [3.05, 3.63) is 23.2 Å². The second kappa shape index (κ2) is 5.75. The molecule has 1 aromatic heterocycles. The summed E-state index contributed by atoms with van der Waals surface area (Å²) in [4.78, 5) is 13.2. The van der Waals surface area contributed by atoms with Crippen LogP contribution in [0, 0.1) is 12.8 Å². The first kappa shape index (κ1) is 14.1. The van der Waals surface area contributed by atoms with Crippen molar-refractivity contribution >= 4 is 5.97 Å². The van der Waals surface area contributed by atoms with Gasteiger partial charge in [0.25, 0.3) is 0 Å². The third-order valence-electron chi connectivity index (χ3n) is 3.89. The SMILES string of the molecule is Cc1oc(C(=O)O)cc1CNC1CCN(C)CC1C. The van der Waals surface area contributed by atoms with Crippen LogP contribution in [0.25, 0.3) is 0 Å². The van der Waals surface area contributed by atoms with Gasteiger partial charge >= 0.3 is 5.97 Å². The van der Waals surface area contributed by atoms with E-state index < -0.39 is 5.97 Å². The molecule has 1 saturated heterocycles. The van der Waals surface area contributed by atoms with Gasteiger partial charge in [0.15, 0.2) is 0 Å². The Morgan fingerprint density at radius 2 is 2.37 bits per heavy atom. The van der Waals surface area contributed by atoms with Crippen molar-refractivity contribution in [1.82, 2.24) is 10.2 Å². The lowest BCUT2D eigenvalue weighted by atomic mass is 9.94. The van der Waals surface area contributed by atoms with Crippen LogP contribution in [-0.2, 0) is 6.54 Å². The molecule has 2 rings (SSSR count). The van der Waals surface area contributed by atoms with Crippen molar-refractivity contribution in [2.24, 2.45) is 5.92 Å². The summed E-state index contributed by atoms with van der Waals surface area (Å²) in [5.74, 6) is 0.295. The van der Waals surface area contributed by atoms with Gasteiger partial charge in [-0.2, -0.15) is 0 Å². The summed E-state index contributed by atoms with van der Waals surface area (Å²) < 4.78 is 5.21. The van der Waals surface area contributed by atoms with Gasteiger partial charge < -0.3 is 19.7 Å². The number of nitrogens with one attached hydrogen (secondary N) is 1. The molecule has 19 heavy (non-hydrogen) atoms. The van der Waals surface area contributed by atoms with Gasteiger partial charge in [0.2, 0.25) is 5.76 Å². The number of likely N-dealkylation sites (tertiary alicyclic amines) is 1. The summed E-state index contributed by atoms with van der Waals surface area (Å²) in [7, 11) is 2.14. The second-order valence-electron chi connectivity index (χ2n) is 5.51. The number of nitrogens with zero attached hydrogens (tertiary/aromatic N) is 1. The minimum Gasteiger partial charge on any atom is -0.475 e. The summed E-state index contributed by atoms with van der Waals surface area (Å²) in [6, 6.07) is 2.10. The van der Waals surface area contributed by atoms with Gasteiger partial charge in [-0.3, -0.25) is 0 Å². The number of hydrogen-bond donors (Lipinski definition) is 2. The van der Waals surface area contributed by atoms with Crippen LogP contribution in [0.4, 0.5) is 0 Å². The number of carbonyl (C=O) groups is 1. The van der Waals surface area contributed by atoms with Crippen LogP contribution >= 0.6 is 0 Å². The topological polar surface area (TPSA) is 65.7 Å². The summed E-state index contributed by atoms with van der Waals surface area (Å²) in [6.45, 7) is 6.93. The maximum atomic E-state index is 10.8. The molecule has 0 amide bonds. The monoisotopic (exact) mass is 266 g/mol. The molecule has 1 fully saturated rings. The molecule has 0 aromatic carbocycles. The molecule has 2 atom stereocenters. The number of aryl methyl sites for hydroxylation is 1. The third-order valence-corrected chi connectivity index (χ3v) is 3.89. The Morgan fingerprint density at radius 3 is 2.95 bits per heavy atom. The van der Waals surface area contributed by atoms with E-state index in [4.69, 9.17) is 9.52 Å². The molecule has 0 aliphatic carbocycles. The number of furan rings is 1. The Balaban J connectivity index is 1.93. The van der Waals surface area contributed by atoms with Gasteiger partial charge in [-0.05, 0) is 38.9 Å². The van der Waals surface area contributed by atoms with Crippen molar-refractivity contribution in [3.63, 3.8) is 0 Å². The Morgan fingerprint density at radius 1 is 1.63 bits per heavy atom. The maximum absolute atomic E-state index is 10.8. The first-order valence-corrected chi connectivity index (χ1v) is 6.72. The molecule has 1 aliphatic rings. The Kier molecular flexibility index (Phi) is 4.27. The van der Waals surface area contributed by atoms with E-state index in [1.54, 1.807) is 6.07 Å². The van der Waals surface area contributed by atoms with Crippen LogP contribution in [0.5, 0.6) is 0 Å². The highest BCUT2D eigenvalue weighted by Gasteiger charge is 2.24. The molecule has 5 heteroatoms. The van der Waals surface area contributed by atoms with E-state index in [0.29, 0.717) is 24.3 Å². The van der Waals surface area contributed by atoms with Crippen molar-refractivity contribution in [3.8, 4) is 0 Å². The molecule has 2 heterocycles. The number of rotatable bonds is 4. The number of hydrogen-bond acceptors (Lipinski definition) is 4. The van der Waals surface area contributed by atoms with E-state index in [9.17, 15) is 4.79 Å². The fourth-order valence-electron chi connectivity index (χ4n) is 2.70. The third kappa shape index (κ3) is 3.36. The molecule has 0 spiro atoms. The highest BCUT2D eigenvalue weighted by atomic mass is 16.4. The first-order chi connectivity index (χ1) is 8.97. The molecule has 2 N–H and O–H groups in total. The molecule has 1 aromatic rings. The average molecular weight is 266 g/mol. The first-order valence-electron chi connectivity index (χ1n) is 6.72. The predicted molar refractivity (Wildman–Crippen MR) is 72.3 cm³/mol. The van der Waals surface area contributed by atoms with Gasteiger partial charge in [0.05, 0.1) is 0 Å². The van der Waals surface area contributed by atoms with E-state index >= 15 is 0 Å².